The Hall–Kier alpha value is -3.28. The Kier molecular flexibility index (Phi) is 4.93. The van der Waals surface area contributed by atoms with Gasteiger partial charge in [-0.1, -0.05) is 24.3 Å². The summed E-state index contributed by atoms with van der Waals surface area (Å²) >= 11 is 0. The van der Waals surface area contributed by atoms with E-state index in [0.29, 0.717) is 28.4 Å². The Bertz CT molecular complexity index is 793. The summed E-state index contributed by atoms with van der Waals surface area (Å²) in [7, 11) is 3.12. The zero-order valence-electron chi connectivity index (χ0n) is 14.6. The molecule has 2 atom stereocenters. The predicted octanol–water partition coefficient (Wildman–Crippen LogP) is 3.08. The molecule has 1 saturated carbocycles. The molecule has 0 aromatic heterocycles. The molecule has 26 heavy (non-hydrogen) atoms. The van der Waals surface area contributed by atoms with Crippen molar-refractivity contribution >= 4 is 23.2 Å². The molecule has 1 aliphatic carbocycles. The summed E-state index contributed by atoms with van der Waals surface area (Å²) < 4.78 is 10.3. The third-order valence-electron chi connectivity index (χ3n) is 4.26. The van der Waals surface area contributed by atoms with Gasteiger partial charge in [0.25, 0.3) is 0 Å². The summed E-state index contributed by atoms with van der Waals surface area (Å²) in [6.45, 7) is 3.85. The Labute approximate surface area is 151 Å². The third-order valence-corrected chi connectivity index (χ3v) is 4.26. The lowest BCUT2D eigenvalue weighted by atomic mass is 10.2. The van der Waals surface area contributed by atoms with Crippen LogP contribution in [0, 0.1) is 11.8 Å². The SMILES string of the molecule is C=C1[C@@H](C(=O)Nc2cccc(OC)c2)[C@@H]1C(=O)Nc1cccc(OC)c1. The number of nitrogens with one attached hydrogen (secondary N) is 2. The van der Waals surface area contributed by atoms with Crippen molar-refractivity contribution in [1.29, 1.82) is 0 Å². The molecule has 6 heteroatoms. The monoisotopic (exact) mass is 352 g/mol. The number of ether oxygens (including phenoxy) is 2. The maximum Gasteiger partial charge on any atom is 0.232 e. The molecular weight excluding hydrogens is 332 g/mol. The first-order valence-corrected chi connectivity index (χ1v) is 8.12. The van der Waals surface area contributed by atoms with E-state index in [2.05, 4.69) is 17.2 Å². The number of amides is 2. The van der Waals surface area contributed by atoms with E-state index in [-0.39, 0.29) is 11.8 Å². The molecule has 1 aliphatic rings. The first kappa shape index (κ1) is 17.5. The molecule has 2 aromatic rings. The number of hydrogen-bond acceptors (Lipinski definition) is 4. The van der Waals surface area contributed by atoms with Gasteiger partial charge in [-0.3, -0.25) is 9.59 Å². The predicted molar refractivity (Wildman–Crippen MR) is 99.4 cm³/mol. The van der Waals surface area contributed by atoms with E-state index in [1.807, 2.05) is 0 Å². The first-order valence-electron chi connectivity index (χ1n) is 8.12. The molecule has 6 nitrogen and oxygen atoms in total. The number of benzene rings is 2. The van der Waals surface area contributed by atoms with Crippen molar-refractivity contribution in [2.75, 3.05) is 24.9 Å². The highest BCUT2D eigenvalue weighted by atomic mass is 16.5. The molecule has 1 fully saturated rings. The fourth-order valence-corrected chi connectivity index (χ4v) is 2.80. The molecule has 0 unspecified atom stereocenters. The van der Waals surface area contributed by atoms with E-state index in [4.69, 9.17) is 9.47 Å². The number of carbonyl (C=O) groups excluding carboxylic acids is 2. The average molecular weight is 352 g/mol. The number of rotatable bonds is 6. The number of carbonyl (C=O) groups is 2. The second-order valence-electron chi connectivity index (χ2n) is 5.97. The largest absolute Gasteiger partial charge is 0.497 e. The lowest BCUT2D eigenvalue weighted by Gasteiger charge is -2.08. The number of methoxy groups -OCH3 is 2. The van der Waals surface area contributed by atoms with Gasteiger partial charge in [-0.15, -0.1) is 0 Å². The summed E-state index contributed by atoms with van der Waals surface area (Å²) in [6.07, 6.45) is 0. The van der Waals surface area contributed by atoms with Crippen LogP contribution in [0.3, 0.4) is 0 Å². The summed E-state index contributed by atoms with van der Waals surface area (Å²) in [5.41, 5.74) is 1.83. The van der Waals surface area contributed by atoms with Crippen LogP contribution < -0.4 is 20.1 Å². The van der Waals surface area contributed by atoms with Crippen LogP contribution in [0.15, 0.2) is 60.7 Å². The van der Waals surface area contributed by atoms with E-state index >= 15 is 0 Å². The van der Waals surface area contributed by atoms with E-state index in [9.17, 15) is 9.59 Å². The Morgan fingerprint density at radius 3 is 1.65 bits per heavy atom. The molecule has 2 N–H and O–H groups in total. The standard InChI is InChI=1S/C20H20N2O4/c1-12-17(19(23)21-13-6-4-8-15(10-13)25-2)18(12)20(24)22-14-7-5-9-16(11-14)26-3/h4-11,17-18H,1H2,2-3H3,(H,21,23)(H,22,24)/t17-,18-/m1/s1. The summed E-state index contributed by atoms with van der Waals surface area (Å²) in [5, 5.41) is 5.59. The summed E-state index contributed by atoms with van der Waals surface area (Å²) in [5.74, 6) is -0.295. The quantitative estimate of drug-likeness (QED) is 0.784. The topological polar surface area (TPSA) is 76.7 Å². The summed E-state index contributed by atoms with van der Waals surface area (Å²) in [4.78, 5) is 24.9. The molecule has 0 aliphatic heterocycles. The molecule has 2 amide bonds. The molecule has 0 saturated heterocycles. The van der Waals surface area contributed by atoms with Crippen LogP contribution in [-0.4, -0.2) is 26.0 Å². The van der Waals surface area contributed by atoms with Crippen LogP contribution in [-0.2, 0) is 9.59 Å². The van der Waals surface area contributed by atoms with Gasteiger partial charge in [-0.05, 0) is 24.3 Å². The molecular formula is C20H20N2O4. The van der Waals surface area contributed by atoms with Crippen molar-refractivity contribution in [3.63, 3.8) is 0 Å². The van der Waals surface area contributed by atoms with Gasteiger partial charge in [-0.25, -0.2) is 0 Å². The normalized spacial score (nSPS) is 18.0. The van der Waals surface area contributed by atoms with Crippen LogP contribution >= 0.6 is 0 Å². The van der Waals surface area contributed by atoms with Gasteiger partial charge in [0.1, 0.15) is 11.5 Å². The van der Waals surface area contributed by atoms with Gasteiger partial charge >= 0.3 is 0 Å². The maximum atomic E-state index is 12.4. The van der Waals surface area contributed by atoms with Crippen LogP contribution in [0.25, 0.3) is 0 Å². The minimum Gasteiger partial charge on any atom is -0.497 e. The third kappa shape index (κ3) is 3.69. The highest BCUT2D eigenvalue weighted by Gasteiger charge is 2.52. The summed E-state index contributed by atoms with van der Waals surface area (Å²) in [6, 6.07) is 14.1. The first-order chi connectivity index (χ1) is 12.5. The van der Waals surface area contributed by atoms with Crippen molar-refractivity contribution in [1.82, 2.24) is 0 Å². The minimum absolute atomic E-state index is 0.256. The van der Waals surface area contributed by atoms with Gasteiger partial charge < -0.3 is 20.1 Å². The zero-order valence-corrected chi connectivity index (χ0v) is 14.6. The minimum atomic E-state index is -0.535. The van der Waals surface area contributed by atoms with Crippen molar-refractivity contribution in [3.8, 4) is 11.5 Å². The molecule has 0 spiro atoms. The molecule has 0 heterocycles. The van der Waals surface area contributed by atoms with Gasteiger partial charge in [-0.2, -0.15) is 0 Å². The second kappa shape index (κ2) is 7.31. The lowest BCUT2D eigenvalue weighted by molar-refractivity contribution is -0.122. The molecule has 0 radical (unpaired) electrons. The van der Waals surface area contributed by atoms with Gasteiger partial charge in [0.2, 0.25) is 11.8 Å². The molecule has 2 aromatic carbocycles. The van der Waals surface area contributed by atoms with Crippen LogP contribution in [0.5, 0.6) is 11.5 Å². The number of anilines is 2. The maximum absolute atomic E-state index is 12.4. The van der Waals surface area contributed by atoms with Gasteiger partial charge in [0.15, 0.2) is 0 Å². The Balaban J connectivity index is 1.62. The average Bonchev–Trinajstić information content (AvgIpc) is 3.33. The van der Waals surface area contributed by atoms with E-state index in [1.165, 1.54) is 0 Å². The number of hydrogen-bond donors (Lipinski definition) is 2. The van der Waals surface area contributed by atoms with Crippen LogP contribution in [0.4, 0.5) is 11.4 Å². The van der Waals surface area contributed by atoms with Crippen molar-refractivity contribution in [2.45, 2.75) is 0 Å². The van der Waals surface area contributed by atoms with E-state index in [0.717, 1.165) is 0 Å². The fourth-order valence-electron chi connectivity index (χ4n) is 2.80. The highest BCUT2D eigenvalue weighted by molar-refractivity contribution is 6.08. The van der Waals surface area contributed by atoms with Crippen molar-refractivity contribution in [3.05, 3.63) is 60.7 Å². The zero-order chi connectivity index (χ0) is 18.7. The molecule has 3 rings (SSSR count). The molecule has 134 valence electrons. The van der Waals surface area contributed by atoms with E-state index in [1.54, 1.807) is 62.8 Å². The van der Waals surface area contributed by atoms with Crippen LogP contribution in [0.1, 0.15) is 0 Å². The van der Waals surface area contributed by atoms with Crippen molar-refractivity contribution < 1.29 is 19.1 Å². The van der Waals surface area contributed by atoms with Gasteiger partial charge in [0.05, 0.1) is 26.1 Å². The van der Waals surface area contributed by atoms with E-state index < -0.39 is 11.8 Å². The molecule has 0 bridgehead atoms. The highest BCUT2D eigenvalue weighted by Crippen LogP contribution is 2.45. The smallest absolute Gasteiger partial charge is 0.232 e. The van der Waals surface area contributed by atoms with Crippen LogP contribution in [0.2, 0.25) is 0 Å². The lowest BCUT2D eigenvalue weighted by Crippen LogP contribution is -2.20. The van der Waals surface area contributed by atoms with Crippen molar-refractivity contribution in [2.24, 2.45) is 11.8 Å². The second-order valence-corrected chi connectivity index (χ2v) is 5.97. The fraction of sp³-hybridized carbons (Fsp3) is 0.200. The van der Waals surface area contributed by atoms with Gasteiger partial charge in [0, 0.05) is 23.5 Å². The Morgan fingerprint density at radius 1 is 0.846 bits per heavy atom. The Morgan fingerprint density at radius 2 is 1.27 bits per heavy atom.